The zero-order chi connectivity index (χ0) is 24.5. The van der Waals surface area contributed by atoms with Crippen molar-refractivity contribution in [1.82, 2.24) is 0 Å². The lowest BCUT2D eigenvalue weighted by Crippen LogP contribution is -2.31. The molecule has 172 valence electrons. The van der Waals surface area contributed by atoms with E-state index in [2.05, 4.69) is 0 Å². The van der Waals surface area contributed by atoms with Gasteiger partial charge in [0, 0.05) is 10.7 Å². The van der Waals surface area contributed by atoms with E-state index in [-0.39, 0.29) is 11.3 Å². The van der Waals surface area contributed by atoms with Crippen molar-refractivity contribution in [1.29, 1.82) is 0 Å². The smallest absolute Gasteiger partial charge is 0.416 e. The summed E-state index contributed by atoms with van der Waals surface area (Å²) in [5.41, 5.74) is -0.192. The predicted octanol–water partition coefficient (Wildman–Crippen LogP) is 6.54. The second-order valence-corrected chi connectivity index (χ2v) is 7.98. The molecule has 8 heteroatoms. The summed E-state index contributed by atoms with van der Waals surface area (Å²) in [6.07, 6.45) is -1.90. The lowest BCUT2D eigenvalue weighted by Gasteiger charge is -2.27. The van der Waals surface area contributed by atoms with E-state index in [0.717, 1.165) is 28.7 Å². The molecule has 3 aromatic rings. The van der Waals surface area contributed by atoms with E-state index >= 15 is 0 Å². The first kappa shape index (κ1) is 23.3. The van der Waals surface area contributed by atoms with Crippen LogP contribution >= 0.6 is 11.6 Å². The number of ketones is 1. The molecular formula is C26H17ClF3NO3. The van der Waals surface area contributed by atoms with Gasteiger partial charge in [-0.15, -0.1) is 0 Å². The monoisotopic (exact) mass is 483 g/mol. The fraction of sp³-hybridized carbons (Fsp3) is 0.0769. The van der Waals surface area contributed by atoms with Crippen LogP contribution in [0.3, 0.4) is 0 Å². The number of aliphatic hydroxyl groups is 1. The van der Waals surface area contributed by atoms with Gasteiger partial charge in [0.2, 0.25) is 0 Å². The number of aliphatic hydroxyl groups excluding tert-OH is 1. The fourth-order valence-corrected chi connectivity index (χ4v) is 3.87. The van der Waals surface area contributed by atoms with E-state index < -0.39 is 35.2 Å². The lowest BCUT2D eigenvalue weighted by molar-refractivity contribution is -0.137. The molecule has 1 aliphatic heterocycles. The minimum Gasteiger partial charge on any atom is -0.503 e. The summed E-state index contributed by atoms with van der Waals surface area (Å²) < 4.78 is 40.0. The highest BCUT2D eigenvalue weighted by Gasteiger charge is 2.44. The summed E-state index contributed by atoms with van der Waals surface area (Å²) in [7, 11) is 0. The molecule has 1 aliphatic rings. The molecule has 4 rings (SSSR count). The van der Waals surface area contributed by atoms with Crippen LogP contribution in [0.1, 0.15) is 22.7 Å². The Balaban J connectivity index is 1.81. The third-order valence-corrected chi connectivity index (χ3v) is 5.59. The first-order valence-electron chi connectivity index (χ1n) is 10.1. The maximum absolute atomic E-state index is 13.3. The molecule has 0 unspecified atom stereocenters. The molecule has 0 radical (unpaired) electrons. The van der Waals surface area contributed by atoms with Crippen molar-refractivity contribution in [2.45, 2.75) is 12.2 Å². The zero-order valence-corrected chi connectivity index (χ0v) is 18.2. The Bertz CT molecular complexity index is 1300. The summed E-state index contributed by atoms with van der Waals surface area (Å²) in [6.45, 7) is 0. The second-order valence-electron chi connectivity index (χ2n) is 7.55. The van der Waals surface area contributed by atoms with Gasteiger partial charge in [-0.3, -0.25) is 14.5 Å². The predicted molar refractivity (Wildman–Crippen MR) is 123 cm³/mol. The fourth-order valence-electron chi connectivity index (χ4n) is 3.74. The average molecular weight is 484 g/mol. The molecule has 1 atom stereocenters. The number of rotatable bonds is 5. The van der Waals surface area contributed by atoms with Gasteiger partial charge in [0.25, 0.3) is 5.91 Å². The number of nitrogens with zero attached hydrogens (tertiary/aromatic N) is 1. The normalized spacial score (nSPS) is 16.5. The third kappa shape index (κ3) is 4.61. The number of benzene rings is 3. The van der Waals surface area contributed by atoms with Crippen molar-refractivity contribution in [3.05, 3.63) is 118 Å². The number of carbonyl (C=O) groups is 2. The van der Waals surface area contributed by atoms with Gasteiger partial charge < -0.3 is 5.11 Å². The molecule has 0 bridgehead atoms. The van der Waals surface area contributed by atoms with Gasteiger partial charge in [0.15, 0.2) is 11.5 Å². The number of amides is 1. The van der Waals surface area contributed by atoms with Crippen LogP contribution in [0.4, 0.5) is 18.9 Å². The van der Waals surface area contributed by atoms with Crippen LogP contribution in [0.2, 0.25) is 5.02 Å². The Labute approximate surface area is 198 Å². The van der Waals surface area contributed by atoms with Gasteiger partial charge in [0.1, 0.15) is 0 Å². The molecule has 0 aliphatic carbocycles. The van der Waals surface area contributed by atoms with Crippen LogP contribution in [0.5, 0.6) is 0 Å². The van der Waals surface area contributed by atoms with E-state index in [4.69, 9.17) is 11.6 Å². The Hall–Kier alpha value is -3.84. The summed E-state index contributed by atoms with van der Waals surface area (Å²) in [5, 5.41) is 11.1. The van der Waals surface area contributed by atoms with Crippen LogP contribution in [0.25, 0.3) is 6.08 Å². The molecule has 3 aromatic carbocycles. The standard InChI is InChI=1S/C26H17ClF3NO3/c27-19-12-10-17(11-13-19)23-22(21(32)14-9-16-5-2-1-3-6-16)24(33)25(34)31(23)20-8-4-7-18(15-20)26(28,29)30/h1-15,23,33H/b14-9+/t23-/m1/s1. The first-order chi connectivity index (χ1) is 16.2. The summed E-state index contributed by atoms with van der Waals surface area (Å²) >= 11 is 5.97. The van der Waals surface area contributed by atoms with E-state index in [1.807, 2.05) is 6.07 Å². The van der Waals surface area contributed by atoms with Gasteiger partial charge in [-0.2, -0.15) is 13.2 Å². The number of anilines is 1. The molecule has 0 saturated heterocycles. The van der Waals surface area contributed by atoms with Gasteiger partial charge in [-0.1, -0.05) is 66.2 Å². The molecule has 0 aromatic heterocycles. The largest absolute Gasteiger partial charge is 0.503 e. The number of hydrogen-bond donors (Lipinski definition) is 1. The molecule has 1 N–H and O–H groups in total. The molecule has 0 saturated carbocycles. The molecule has 0 fully saturated rings. The first-order valence-corrected chi connectivity index (χ1v) is 10.5. The Morgan fingerprint density at radius 3 is 2.29 bits per heavy atom. The Morgan fingerprint density at radius 1 is 0.971 bits per heavy atom. The number of carbonyl (C=O) groups excluding carboxylic acids is 2. The van der Waals surface area contributed by atoms with Gasteiger partial charge in [0.05, 0.1) is 17.2 Å². The molecule has 1 amide bonds. The van der Waals surface area contributed by atoms with E-state index in [0.29, 0.717) is 10.6 Å². The van der Waals surface area contributed by atoms with Crippen molar-refractivity contribution in [2.75, 3.05) is 4.90 Å². The number of alkyl halides is 3. The third-order valence-electron chi connectivity index (χ3n) is 5.34. The van der Waals surface area contributed by atoms with E-state index in [1.165, 1.54) is 30.4 Å². The van der Waals surface area contributed by atoms with Gasteiger partial charge in [-0.25, -0.2) is 0 Å². The van der Waals surface area contributed by atoms with Crippen molar-refractivity contribution >= 4 is 35.1 Å². The average Bonchev–Trinajstić information content (AvgIpc) is 3.09. The van der Waals surface area contributed by atoms with Crippen LogP contribution in [0.15, 0.2) is 96.3 Å². The van der Waals surface area contributed by atoms with E-state index in [9.17, 15) is 27.9 Å². The topological polar surface area (TPSA) is 57.6 Å². The van der Waals surface area contributed by atoms with Gasteiger partial charge in [-0.05, 0) is 47.5 Å². The minimum atomic E-state index is -4.64. The number of hydrogen-bond acceptors (Lipinski definition) is 3. The molecule has 4 nitrogen and oxygen atoms in total. The minimum absolute atomic E-state index is 0.110. The van der Waals surface area contributed by atoms with Crippen molar-refractivity contribution in [3.8, 4) is 0 Å². The van der Waals surface area contributed by atoms with Crippen molar-refractivity contribution in [2.24, 2.45) is 0 Å². The highest BCUT2D eigenvalue weighted by atomic mass is 35.5. The SMILES string of the molecule is O=C(/C=C/c1ccccc1)C1=C(O)C(=O)N(c2cccc(C(F)(F)F)c2)[C@@H]1c1ccc(Cl)cc1. The van der Waals surface area contributed by atoms with Crippen LogP contribution in [-0.2, 0) is 15.8 Å². The highest BCUT2D eigenvalue weighted by molar-refractivity contribution is 6.30. The summed E-state index contributed by atoms with van der Waals surface area (Å²) in [4.78, 5) is 27.2. The van der Waals surface area contributed by atoms with Crippen molar-refractivity contribution < 1.29 is 27.9 Å². The van der Waals surface area contributed by atoms with Gasteiger partial charge >= 0.3 is 6.18 Å². The van der Waals surface area contributed by atoms with Crippen molar-refractivity contribution in [3.63, 3.8) is 0 Å². The molecule has 1 heterocycles. The molecular weight excluding hydrogens is 467 g/mol. The highest BCUT2D eigenvalue weighted by Crippen LogP contribution is 2.42. The van der Waals surface area contributed by atoms with Crippen LogP contribution < -0.4 is 4.90 Å². The Kier molecular flexibility index (Phi) is 6.30. The summed E-state index contributed by atoms with van der Waals surface area (Å²) in [5.74, 6) is -2.44. The maximum Gasteiger partial charge on any atom is 0.416 e. The number of halogens is 4. The lowest BCUT2D eigenvalue weighted by atomic mass is 9.95. The molecule has 34 heavy (non-hydrogen) atoms. The Morgan fingerprint density at radius 2 is 1.65 bits per heavy atom. The van der Waals surface area contributed by atoms with E-state index in [1.54, 1.807) is 36.4 Å². The molecule has 0 spiro atoms. The second kappa shape index (κ2) is 9.19. The number of allylic oxidation sites excluding steroid dienone is 1. The zero-order valence-electron chi connectivity index (χ0n) is 17.5. The van der Waals surface area contributed by atoms with Crippen LogP contribution in [0, 0.1) is 0 Å². The maximum atomic E-state index is 13.3. The quantitative estimate of drug-likeness (QED) is 0.419. The van der Waals surface area contributed by atoms with Crippen LogP contribution in [-0.4, -0.2) is 16.8 Å². The summed E-state index contributed by atoms with van der Waals surface area (Å²) in [6, 6.07) is 18.1.